The number of carbonyl (C=O) groups excluding carboxylic acids is 1. The lowest BCUT2D eigenvalue weighted by molar-refractivity contribution is -0.144. The number of nitrogen functional groups attached to an aromatic ring is 1. The molecule has 1 amide bonds. The van der Waals surface area contributed by atoms with Crippen molar-refractivity contribution in [2.45, 2.75) is 25.9 Å². The van der Waals surface area contributed by atoms with Gasteiger partial charge in [0.25, 0.3) is 11.9 Å². The molecule has 2 aromatic heterocycles. The van der Waals surface area contributed by atoms with Crippen molar-refractivity contribution in [3.63, 3.8) is 0 Å². The van der Waals surface area contributed by atoms with E-state index in [1.807, 2.05) is 5.10 Å². The van der Waals surface area contributed by atoms with Gasteiger partial charge in [-0.2, -0.15) is 22.8 Å². The van der Waals surface area contributed by atoms with Crippen LogP contribution in [-0.4, -0.2) is 42.4 Å². The zero-order valence-electron chi connectivity index (χ0n) is 14.7. The van der Waals surface area contributed by atoms with Crippen molar-refractivity contribution in [3.05, 3.63) is 41.2 Å². The average Bonchev–Trinajstić information content (AvgIpc) is 3.27. The van der Waals surface area contributed by atoms with Crippen LogP contribution in [-0.2, 0) is 12.6 Å². The van der Waals surface area contributed by atoms with E-state index in [1.165, 1.54) is 11.8 Å². The van der Waals surface area contributed by atoms with Crippen LogP contribution in [0.2, 0.25) is 0 Å². The fourth-order valence-electron chi connectivity index (χ4n) is 3.13. The highest BCUT2D eigenvalue weighted by atomic mass is 19.4. The number of aromatic amines is 1. The highest BCUT2D eigenvalue weighted by Crippen LogP contribution is 2.32. The van der Waals surface area contributed by atoms with Crippen LogP contribution in [0.1, 0.15) is 34.3 Å². The molecule has 3 N–H and O–H groups in total. The topological polar surface area (TPSA) is 119 Å². The lowest BCUT2D eigenvalue weighted by Gasteiger charge is -2.29. The number of nitrogens with zero attached hydrogens (tertiary/aromatic N) is 6. The summed E-state index contributed by atoms with van der Waals surface area (Å²) in [7, 11) is 0. The van der Waals surface area contributed by atoms with Crippen LogP contribution in [0.3, 0.4) is 0 Å². The molecule has 0 fully saturated rings. The fourth-order valence-corrected chi connectivity index (χ4v) is 3.13. The summed E-state index contributed by atoms with van der Waals surface area (Å²) < 4.78 is 39.1. The van der Waals surface area contributed by atoms with E-state index in [-0.39, 0.29) is 17.6 Å². The van der Waals surface area contributed by atoms with E-state index in [9.17, 15) is 18.0 Å². The normalized spacial score (nSPS) is 14.2. The minimum absolute atomic E-state index is 0.161. The molecule has 0 spiro atoms. The highest BCUT2D eigenvalue weighted by Gasteiger charge is 2.36. The molecule has 12 heteroatoms. The van der Waals surface area contributed by atoms with Crippen LogP contribution < -0.4 is 10.6 Å². The highest BCUT2D eigenvalue weighted by molar-refractivity contribution is 6.04. The molecule has 9 nitrogen and oxygen atoms in total. The predicted molar refractivity (Wildman–Crippen MR) is 91.9 cm³/mol. The number of aryl methyl sites for hydroxylation is 1. The van der Waals surface area contributed by atoms with Gasteiger partial charge in [0.2, 0.25) is 11.6 Å². The number of aromatic nitrogens is 6. The second-order valence-electron chi connectivity index (χ2n) is 6.28. The number of halogens is 3. The van der Waals surface area contributed by atoms with Crippen molar-refractivity contribution in [3.8, 4) is 5.95 Å². The van der Waals surface area contributed by atoms with Crippen LogP contribution >= 0.6 is 0 Å². The van der Waals surface area contributed by atoms with Crippen molar-refractivity contribution in [1.29, 1.82) is 0 Å². The Morgan fingerprint density at radius 2 is 2.07 bits per heavy atom. The van der Waals surface area contributed by atoms with Gasteiger partial charge in [-0.05, 0) is 37.5 Å². The van der Waals surface area contributed by atoms with Crippen LogP contribution in [0.15, 0.2) is 18.2 Å². The molecule has 3 heterocycles. The predicted octanol–water partition coefficient (Wildman–Crippen LogP) is 1.89. The van der Waals surface area contributed by atoms with Crippen LogP contribution in [0, 0.1) is 6.92 Å². The third-order valence-electron chi connectivity index (χ3n) is 4.42. The zero-order valence-corrected chi connectivity index (χ0v) is 14.7. The first-order valence-electron chi connectivity index (χ1n) is 8.38. The maximum atomic E-state index is 13.0. The summed E-state index contributed by atoms with van der Waals surface area (Å²) in [4.78, 5) is 21.9. The molecule has 0 saturated carbocycles. The Hall–Kier alpha value is -3.44. The van der Waals surface area contributed by atoms with E-state index in [0.717, 1.165) is 23.1 Å². The number of rotatable bonds is 2. The van der Waals surface area contributed by atoms with E-state index in [4.69, 9.17) is 5.73 Å². The van der Waals surface area contributed by atoms with Gasteiger partial charge in [-0.15, -0.1) is 10.2 Å². The number of nitrogens with two attached hydrogens (primary N) is 1. The molecule has 1 aromatic carbocycles. The standard InChI is InChI=1S/C16H15F3N8O/c1-8-21-12(25-27(8)15-22-14(23-24-15)16(17,18)19)13(28)26-7-3-4-9-10(20)5-2-6-11(9)26/h2,5-6H,3-4,7,20H2,1H3,(H,22,23,24). The molecule has 0 atom stereocenters. The Bertz CT molecular complexity index is 1050. The van der Waals surface area contributed by atoms with Gasteiger partial charge < -0.3 is 10.6 Å². The molecule has 146 valence electrons. The number of carbonyl (C=O) groups is 1. The molecular formula is C16H15F3N8O. The average molecular weight is 392 g/mol. The largest absolute Gasteiger partial charge is 0.451 e. The Kier molecular flexibility index (Phi) is 4.05. The van der Waals surface area contributed by atoms with Gasteiger partial charge in [-0.25, -0.2) is 4.98 Å². The molecule has 0 bridgehead atoms. The lowest BCUT2D eigenvalue weighted by atomic mass is 10.00. The third-order valence-corrected chi connectivity index (χ3v) is 4.42. The van der Waals surface area contributed by atoms with Gasteiger partial charge in [0.1, 0.15) is 5.82 Å². The molecule has 3 aromatic rings. The number of anilines is 2. The third kappa shape index (κ3) is 2.96. The quantitative estimate of drug-likeness (QED) is 0.643. The number of amides is 1. The number of hydrogen-bond donors (Lipinski definition) is 2. The maximum Gasteiger partial charge on any atom is 0.451 e. The Morgan fingerprint density at radius 1 is 1.29 bits per heavy atom. The van der Waals surface area contributed by atoms with Crippen molar-refractivity contribution in [2.24, 2.45) is 0 Å². The van der Waals surface area contributed by atoms with E-state index >= 15 is 0 Å². The van der Waals surface area contributed by atoms with Gasteiger partial charge in [-0.1, -0.05) is 6.07 Å². The summed E-state index contributed by atoms with van der Waals surface area (Å²) in [5, 5.41) is 9.33. The summed E-state index contributed by atoms with van der Waals surface area (Å²) in [6, 6.07) is 5.31. The second-order valence-corrected chi connectivity index (χ2v) is 6.28. The molecule has 0 unspecified atom stereocenters. The summed E-state index contributed by atoms with van der Waals surface area (Å²) in [6.45, 7) is 1.96. The number of alkyl halides is 3. The number of fused-ring (bicyclic) bond motifs is 1. The van der Waals surface area contributed by atoms with E-state index < -0.39 is 17.9 Å². The fraction of sp³-hybridized carbons (Fsp3) is 0.312. The molecule has 0 aliphatic carbocycles. The monoisotopic (exact) mass is 392 g/mol. The first-order valence-corrected chi connectivity index (χ1v) is 8.38. The summed E-state index contributed by atoms with van der Waals surface area (Å²) in [6.07, 6.45) is -3.19. The van der Waals surface area contributed by atoms with Crippen molar-refractivity contribution < 1.29 is 18.0 Å². The summed E-state index contributed by atoms with van der Waals surface area (Å²) in [5.74, 6) is -2.06. The Labute approximate surface area is 156 Å². The molecule has 0 saturated heterocycles. The van der Waals surface area contributed by atoms with Crippen LogP contribution in [0.25, 0.3) is 5.95 Å². The van der Waals surface area contributed by atoms with Gasteiger partial charge in [0.15, 0.2) is 0 Å². The van der Waals surface area contributed by atoms with Crippen molar-refractivity contribution >= 4 is 17.3 Å². The first kappa shape index (κ1) is 17.9. The number of benzene rings is 1. The summed E-state index contributed by atoms with van der Waals surface area (Å²) in [5.41, 5.74) is 8.16. The number of H-pyrrole nitrogens is 1. The molecule has 4 rings (SSSR count). The van der Waals surface area contributed by atoms with E-state index in [0.29, 0.717) is 17.9 Å². The Morgan fingerprint density at radius 3 is 2.79 bits per heavy atom. The van der Waals surface area contributed by atoms with Crippen molar-refractivity contribution in [2.75, 3.05) is 17.2 Å². The van der Waals surface area contributed by atoms with Gasteiger partial charge in [0, 0.05) is 17.9 Å². The molecular weight excluding hydrogens is 377 g/mol. The molecule has 1 aliphatic heterocycles. The lowest BCUT2D eigenvalue weighted by Crippen LogP contribution is -2.36. The number of nitrogens with one attached hydrogen (secondary N) is 1. The first-order chi connectivity index (χ1) is 13.3. The maximum absolute atomic E-state index is 13.0. The molecule has 0 radical (unpaired) electrons. The van der Waals surface area contributed by atoms with Crippen LogP contribution in [0.5, 0.6) is 0 Å². The summed E-state index contributed by atoms with van der Waals surface area (Å²) >= 11 is 0. The smallest absolute Gasteiger partial charge is 0.398 e. The molecule has 1 aliphatic rings. The minimum Gasteiger partial charge on any atom is -0.398 e. The SMILES string of the molecule is Cc1nc(C(=O)N2CCCc3c(N)cccc32)nn1-c1n[nH]c(C(F)(F)F)n1. The van der Waals surface area contributed by atoms with E-state index in [1.54, 1.807) is 18.2 Å². The number of hydrogen-bond acceptors (Lipinski definition) is 6. The second kappa shape index (κ2) is 6.32. The van der Waals surface area contributed by atoms with Crippen LogP contribution in [0.4, 0.5) is 24.5 Å². The van der Waals surface area contributed by atoms with Gasteiger partial charge in [-0.3, -0.25) is 9.89 Å². The van der Waals surface area contributed by atoms with Gasteiger partial charge in [0.05, 0.1) is 0 Å². The molecule has 28 heavy (non-hydrogen) atoms. The van der Waals surface area contributed by atoms with Gasteiger partial charge >= 0.3 is 6.18 Å². The Balaban J connectivity index is 1.67. The van der Waals surface area contributed by atoms with E-state index in [2.05, 4.69) is 20.2 Å². The minimum atomic E-state index is -4.67. The van der Waals surface area contributed by atoms with Crippen molar-refractivity contribution in [1.82, 2.24) is 29.9 Å². The zero-order chi connectivity index (χ0) is 20.1.